The molecule has 0 saturated heterocycles. The predicted octanol–water partition coefficient (Wildman–Crippen LogP) is 2.17. The van der Waals surface area contributed by atoms with E-state index in [-0.39, 0.29) is 6.04 Å². The third-order valence-corrected chi connectivity index (χ3v) is 3.93. The minimum absolute atomic E-state index is 0.330. The number of nitrogens with zero attached hydrogens (tertiary/aromatic N) is 2. The maximum Gasteiger partial charge on any atom is 0.240 e. The number of aromatic nitrogens is 2. The molecule has 0 aliphatic rings. The minimum atomic E-state index is -0.330. The Morgan fingerprint density at radius 2 is 2.16 bits per heavy atom. The zero-order chi connectivity index (χ0) is 13.8. The normalized spacial score (nSPS) is 12.2. The average Bonchev–Trinajstić information content (AvgIpc) is 2.94. The molecule has 0 aromatic carbocycles. The number of ether oxygens (including phenoxy) is 2. The molecule has 0 radical (unpaired) electrons. The van der Waals surface area contributed by atoms with Crippen LogP contribution in [0.1, 0.15) is 29.1 Å². The summed E-state index contributed by atoms with van der Waals surface area (Å²) in [6.07, 6.45) is 2.50. The van der Waals surface area contributed by atoms with Gasteiger partial charge in [0.15, 0.2) is 0 Å². The molecule has 2 N–H and O–H groups in total. The molecule has 2 aromatic rings. The molecule has 0 amide bonds. The van der Waals surface area contributed by atoms with Crippen LogP contribution in [0.4, 0.5) is 0 Å². The molecule has 0 spiro atoms. The van der Waals surface area contributed by atoms with Gasteiger partial charge >= 0.3 is 0 Å². The number of nitrogens with two attached hydrogens (primary N) is 1. The van der Waals surface area contributed by atoms with E-state index in [0.717, 1.165) is 11.3 Å². The molecule has 0 fully saturated rings. The highest BCUT2D eigenvalue weighted by molar-refractivity contribution is 7.10. The van der Waals surface area contributed by atoms with E-state index in [1.54, 1.807) is 24.6 Å². The van der Waals surface area contributed by atoms with E-state index in [9.17, 15) is 0 Å². The van der Waals surface area contributed by atoms with E-state index < -0.39 is 0 Å². The van der Waals surface area contributed by atoms with Gasteiger partial charge in [-0.2, -0.15) is 4.98 Å². The Hall–Kier alpha value is -1.66. The largest absolute Gasteiger partial charge is 0.480 e. The Bertz CT molecular complexity index is 557. The Balaban J connectivity index is 2.41. The topological polar surface area (TPSA) is 70.3 Å². The second-order valence-electron chi connectivity index (χ2n) is 3.95. The van der Waals surface area contributed by atoms with Crippen molar-refractivity contribution in [2.75, 3.05) is 14.2 Å². The summed E-state index contributed by atoms with van der Waals surface area (Å²) < 4.78 is 10.3. The third kappa shape index (κ3) is 2.69. The Morgan fingerprint density at radius 3 is 2.79 bits per heavy atom. The highest BCUT2D eigenvalue weighted by atomic mass is 32.1. The molecule has 0 aliphatic carbocycles. The molecule has 2 rings (SSSR count). The van der Waals surface area contributed by atoms with Crippen LogP contribution < -0.4 is 15.2 Å². The highest BCUT2D eigenvalue weighted by Gasteiger charge is 2.21. The predicted molar refractivity (Wildman–Crippen MR) is 74.9 cm³/mol. The first kappa shape index (κ1) is 13.8. The molecule has 2 heterocycles. The molecule has 6 heteroatoms. The minimum Gasteiger partial charge on any atom is -0.480 e. The molecule has 0 saturated carbocycles. The standard InChI is InChI=1S/C13H17N3O2S/c1-4-8-5-6-19-12(8)10(14)11-13(18-3)16-9(17-2)7-15-11/h5-7,10H,4,14H2,1-3H3. The van der Waals surface area contributed by atoms with Crippen LogP contribution in [0.5, 0.6) is 11.8 Å². The quantitative estimate of drug-likeness (QED) is 0.908. The number of hydrogen-bond donors (Lipinski definition) is 1. The van der Waals surface area contributed by atoms with E-state index in [0.29, 0.717) is 17.5 Å². The zero-order valence-electron chi connectivity index (χ0n) is 11.2. The van der Waals surface area contributed by atoms with Crippen molar-refractivity contribution in [3.8, 4) is 11.8 Å². The fourth-order valence-corrected chi connectivity index (χ4v) is 2.87. The lowest BCUT2D eigenvalue weighted by Gasteiger charge is -2.14. The fourth-order valence-electron chi connectivity index (χ4n) is 1.86. The lowest BCUT2D eigenvalue weighted by atomic mass is 10.1. The number of thiophene rings is 1. The molecular weight excluding hydrogens is 262 g/mol. The number of rotatable bonds is 5. The number of aryl methyl sites for hydroxylation is 1. The van der Waals surface area contributed by atoms with Crippen molar-refractivity contribution in [2.24, 2.45) is 5.73 Å². The van der Waals surface area contributed by atoms with E-state index in [2.05, 4.69) is 23.0 Å². The Kier molecular flexibility index (Phi) is 4.34. The van der Waals surface area contributed by atoms with Gasteiger partial charge in [0.25, 0.3) is 0 Å². The second kappa shape index (κ2) is 5.99. The summed E-state index contributed by atoms with van der Waals surface area (Å²) in [6.45, 7) is 2.11. The molecule has 5 nitrogen and oxygen atoms in total. The summed E-state index contributed by atoms with van der Waals surface area (Å²) >= 11 is 1.63. The first-order valence-electron chi connectivity index (χ1n) is 5.98. The van der Waals surface area contributed by atoms with Gasteiger partial charge in [0.05, 0.1) is 26.5 Å². The van der Waals surface area contributed by atoms with Gasteiger partial charge in [0.2, 0.25) is 11.8 Å². The molecule has 2 aromatic heterocycles. The van der Waals surface area contributed by atoms with Crippen molar-refractivity contribution in [3.05, 3.63) is 33.8 Å². The van der Waals surface area contributed by atoms with E-state index in [4.69, 9.17) is 15.2 Å². The zero-order valence-corrected chi connectivity index (χ0v) is 12.0. The van der Waals surface area contributed by atoms with Gasteiger partial charge in [-0.1, -0.05) is 6.92 Å². The summed E-state index contributed by atoms with van der Waals surface area (Å²) in [5, 5.41) is 2.04. The van der Waals surface area contributed by atoms with Crippen LogP contribution >= 0.6 is 11.3 Å². The van der Waals surface area contributed by atoms with E-state index >= 15 is 0 Å². The average molecular weight is 279 g/mol. The summed E-state index contributed by atoms with van der Waals surface area (Å²) in [7, 11) is 3.09. The van der Waals surface area contributed by atoms with Crippen LogP contribution in [0.3, 0.4) is 0 Å². The van der Waals surface area contributed by atoms with Crippen molar-refractivity contribution in [1.82, 2.24) is 9.97 Å². The maximum atomic E-state index is 6.29. The Labute approximate surface area is 116 Å². The van der Waals surface area contributed by atoms with Crippen LogP contribution in [0.2, 0.25) is 0 Å². The fraction of sp³-hybridized carbons (Fsp3) is 0.385. The molecule has 102 valence electrons. The van der Waals surface area contributed by atoms with Crippen molar-refractivity contribution in [2.45, 2.75) is 19.4 Å². The molecular formula is C13H17N3O2S. The van der Waals surface area contributed by atoms with Crippen LogP contribution in [-0.2, 0) is 6.42 Å². The number of hydrogen-bond acceptors (Lipinski definition) is 6. The van der Waals surface area contributed by atoms with Crippen molar-refractivity contribution in [3.63, 3.8) is 0 Å². The van der Waals surface area contributed by atoms with Gasteiger partial charge in [-0.3, -0.25) is 0 Å². The van der Waals surface area contributed by atoms with Crippen LogP contribution in [0, 0.1) is 0 Å². The van der Waals surface area contributed by atoms with Crippen LogP contribution in [0.25, 0.3) is 0 Å². The first-order valence-corrected chi connectivity index (χ1v) is 6.86. The summed E-state index contributed by atoms with van der Waals surface area (Å²) in [4.78, 5) is 9.63. The summed E-state index contributed by atoms with van der Waals surface area (Å²) in [5.74, 6) is 0.817. The van der Waals surface area contributed by atoms with Gasteiger partial charge in [0, 0.05) is 4.88 Å². The van der Waals surface area contributed by atoms with Crippen molar-refractivity contribution < 1.29 is 9.47 Å². The first-order chi connectivity index (χ1) is 9.21. The lowest BCUT2D eigenvalue weighted by Crippen LogP contribution is -2.16. The van der Waals surface area contributed by atoms with Crippen LogP contribution in [0.15, 0.2) is 17.6 Å². The molecule has 1 unspecified atom stereocenters. The monoisotopic (exact) mass is 279 g/mol. The van der Waals surface area contributed by atoms with Gasteiger partial charge in [-0.25, -0.2) is 4.98 Å². The van der Waals surface area contributed by atoms with Gasteiger partial charge in [-0.15, -0.1) is 11.3 Å². The summed E-state index contributed by atoms with van der Waals surface area (Å²) in [6, 6.07) is 1.76. The molecule has 1 atom stereocenters. The van der Waals surface area contributed by atoms with Crippen molar-refractivity contribution >= 4 is 11.3 Å². The molecule has 0 aliphatic heterocycles. The molecule has 19 heavy (non-hydrogen) atoms. The molecule has 0 bridgehead atoms. The smallest absolute Gasteiger partial charge is 0.240 e. The SMILES string of the molecule is CCc1ccsc1C(N)c1ncc(OC)nc1OC. The van der Waals surface area contributed by atoms with E-state index in [1.165, 1.54) is 12.7 Å². The van der Waals surface area contributed by atoms with Gasteiger partial charge in [-0.05, 0) is 23.4 Å². The van der Waals surface area contributed by atoms with Crippen molar-refractivity contribution in [1.29, 1.82) is 0 Å². The summed E-state index contributed by atoms with van der Waals surface area (Å²) in [5.41, 5.74) is 8.15. The highest BCUT2D eigenvalue weighted by Crippen LogP contribution is 2.31. The van der Waals surface area contributed by atoms with Gasteiger partial charge < -0.3 is 15.2 Å². The number of methoxy groups -OCH3 is 2. The Morgan fingerprint density at radius 1 is 1.37 bits per heavy atom. The van der Waals surface area contributed by atoms with Crippen LogP contribution in [-0.4, -0.2) is 24.2 Å². The lowest BCUT2D eigenvalue weighted by molar-refractivity contribution is 0.355. The van der Waals surface area contributed by atoms with E-state index in [1.807, 2.05) is 5.38 Å². The second-order valence-corrected chi connectivity index (χ2v) is 4.90. The third-order valence-electron chi connectivity index (χ3n) is 2.89. The van der Waals surface area contributed by atoms with Gasteiger partial charge in [0.1, 0.15) is 5.69 Å². The maximum absolute atomic E-state index is 6.29.